The second kappa shape index (κ2) is 5.66. The summed E-state index contributed by atoms with van der Waals surface area (Å²) in [5.74, 6) is 0.183. The molecular weight excluding hydrogens is 324 g/mol. The average Bonchev–Trinajstić information content (AvgIpc) is 3.32. The molecule has 1 saturated carbocycles. The molecule has 1 amide bonds. The zero-order valence-corrected chi connectivity index (χ0v) is 15.1. The van der Waals surface area contributed by atoms with Crippen LogP contribution in [-0.2, 0) is 7.05 Å². The number of benzene rings is 1. The Morgan fingerprint density at radius 1 is 1.19 bits per heavy atom. The van der Waals surface area contributed by atoms with Crippen molar-refractivity contribution in [1.29, 1.82) is 0 Å². The van der Waals surface area contributed by atoms with Gasteiger partial charge in [0, 0.05) is 47.5 Å². The molecule has 1 aliphatic heterocycles. The molecule has 0 saturated heterocycles. The highest BCUT2D eigenvalue weighted by Crippen LogP contribution is 2.39. The van der Waals surface area contributed by atoms with Crippen LogP contribution >= 0.6 is 0 Å². The van der Waals surface area contributed by atoms with Crippen molar-refractivity contribution in [2.24, 2.45) is 7.05 Å². The number of nitrogens with zero attached hydrogens (tertiary/aromatic N) is 2. The number of rotatable bonds is 3. The Balaban J connectivity index is 1.50. The fourth-order valence-electron chi connectivity index (χ4n) is 4.44. The van der Waals surface area contributed by atoms with Gasteiger partial charge in [0.1, 0.15) is 0 Å². The molecule has 134 valence electrons. The van der Waals surface area contributed by atoms with Gasteiger partial charge in [-0.05, 0) is 55.9 Å². The average molecular weight is 348 g/mol. The topological polar surface area (TPSA) is 49.3 Å². The molecule has 5 heteroatoms. The smallest absolute Gasteiger partial charge is 0.255 e. The summed E-state index contributed by atoms with van der Waals surface area (Å²) >= 11 is 0. The summed E-state index contributed by atoms with van der Waals surface area (Å²) in [5, 5.41) is 1.05. The summed E-state index contributed by atoms with van der Waals surface area (Å²) in [5.41, 5.74) is 11.8. The summed E-state index contributed by atoms with van der Waals surface area (Å²) in [6.07, 6.45) is 7.14. The van der Waals surface area contributed by atoms with Crippen LogP contribution in [0.3, 0.4) is 0 Å². The highest BCUT2D eigenvalue weighted by molar-refractivity contribution is 6.06. The fraction of sp³-hybridized carbons (Fsp3) is 0.381. The number of aryl methyl sites for hydroxylation is 1. The minimum absolute atomic E-state index is 0.183. The number of allylic oxidation sites excluding steroid dienone is 2. The van der Waals surface area contributed by atoms with Crippen molar-refractivity contribution in [1.82, 2.24) is 20.3 Å². The lowest BCUT2D eigenvalue weighted by Crippen LogP contribution is -2.43. The quantitative estimate of drug-likeness (QED) is 0.895. The predicted octanol–water partition coefficient (Wildman–Crippen LogP) is 3.21. The van der Waals surface area contributed by atoms with Gasteiger partial charge in [0.15, 0.2) is 0 Å². The lowest BCUT2D eigenvalue weighted by molar-refractivity contribution is 0.0646. The lowest BCUT2D eigenvalue weighted by atomic mass is 9.90. The van der Waals surface area contributed by atoms with Crippen LogP contribution in [0.4, 0.5) is 0 Å². The summed E-state index contributed by atoms with van der Waals surface area (Å²) in [7, 11) is 2.02. The zero-order valence-electron chi connectivity index (χ0n) is 15.1. The number of nitrogens with one attached hydrogen (secondary N) is 2. The Kier molecular flexibility index (Phi) is 3.39. The maximum atomic E-state index is 13.6. The number of hydrogen-bond acceptors (Lipinski definition) is 3. The van der Waals surface area contributed by atoms with Crippen molar-refractivity contribution in [2.45, 2.75) is 44.2 Å². The summed E-state index contributed by atoms with van der Waals surface area (Å²) in [6.45, 7) is 4.10. The van der Waals surface area contributed by atoms with E-state index in [1.807, 2.05) is 25.4 Å². The number of amides is 1. The van der Waals surface area contributed by atoms with Crippen molar-refractivity contribution in [3.63, 3.8) is 0 Å². The minimum atomic E-state index is 0.183. The van der Waals surface area contributed by atoms with Crippen molar-refractivity contribution in [2.75, 3.05) is 0 Å². The van der Waals surface area contributed by atoms with Gasteiger partial charge in [0.2, 0.25) is 0 Å². The van der Waals surface area contributed by atoms with Crippen LogP contribution in [0.5, 0.6) is 0 Å². The third kappa shape index (κ3) is 2.34. The maximum Gasteiger partial charge on any atom is 0.255 e. The van der Waals surface area contributed by atoms with E-state index in [0.717, 1.165) is 54.3 Å². The molecule has 2 aromatic rings. The molecule has 1 fully saturated rings. The second-order valence-corrected chi connectivity index (χ2v) is 7.69. The molecule has 1 unspecified atom stereocenters. The van der Waals surface area contributed by atoms with Crippen LogP contribution in [0.25, 0.3) is 10.9 Å². The molecule has 0 radical (unpaired) electrons. The van der Waals surface area contributed by atoms with Crippen molar-refractivity contribution in [3.8, 4) is 0 Å². The Morgan fingerprint density at radius 2 is 2.04 bits per heavy atom. The van der Waals surface area contributed by atoms with E-state index in [4.69, 9.17) is 0 Å². The van der Waals surface area contributed by atoms with Gasteiger partial charge in [-0.2, -0.15) is 0 Å². The Morgan fingerprint density at radius 3 is 2.85 bits per heavy atom. The van der Waals surface area contributed by atoms with Gasteiger partial charge in [-0.1, -0.05) is 12.6 Å². The van der Waals surface area contributed by atoms with E-state index < -0.39 is 0 Å². The van der Waals surface area contributed by atoms with Gasteiger partial charge in [0.05, 0.1) is 5.70 Å². The molecule has 2 N–H and O–H groups in total. The first kappa shape index (κ1) is 15.6. The number of aromatic nitrogens is 1. The standard InChI is InChI=1S/C21H24N4O/c1-13-18-12-15(8-9-19(18)23-22-13)25(14-6-7-14)21(26)17-4-3-5-20-16(17)10-11-24(20)2/h3-5,10-11,14-15,22-23H,1,6-9,12H2,2H3. The van der Waals surface area contributed by atoms with Crippen molar-refractivity contribution < 1.29 is 4.79 Å². The van der Waals surface area contributed by atoms with Crippen LogP contribution in [0.1, 0.15) is 42.5 Å². The highest BCUT2D eigenvalue weighted by atomic mass is 16.2. The molecule has 1 aromatic carbocycles. The van der Waals surface area contributed by atoms with Crippen LogP contribution in [-0.4, -0.2) is 27.5 Å². The minimum Gasteiger partial charge on any atom is -0.351 e. The van der Waals surface area contributed by atoms with Crippen LogP contribution in [0.15, 0.2) is 54.0 Å². The molecule has 3 aliphatic rings. The van der Waals surface area contributed by atoms with E-state index in [0.29, 0.717) is 6.04 Å². The van der Waals surface area contributed by atoms with E-state index >= 15 is 0 Å². The number of fused-ring (bicyclic) bond motifs is 1. The van der Waals surface area contributed by atoms with Crippen LogP contribution in [0.2, 0.25) is 0 Å². The Hall–Kier alpha value is -2.69. The largest absolute Gasteiger partial charge is 0.351 e. The second-order valence-electron chi connectivity index (χ2n) is 7.69. The highest BCUT2D eigenvalue weighted by Gasteiger charge is 2.40. The van der Waals surface area contributed by atoms with E-state index in [1.54, 1.807) is 0 Å². The summed E-state index contributed by atoms with van der Waals surface area (Å²) in [4.78, 5) is 15.7. The maximum absolute atomic E-state index is 13.6. The van der Waals surface area contributed by atoms with E-state index in [1.165, 1.54) is 11.3 Å². The monoisotopic (exact) mass is 348 g/mol. The number of hydrogen-bond donors (Lipinski definition) is 2. The third-order valence-electron chi connectivity index (χ3n) is 5.99. The molecule has 0 spiro atoms. The third-order valence-corrected chi connectivity index (χ3v) is 5.99. The zero-order chi connectivity index (χ0) is 17.8. The molecule has 2 aliphatic carbocycles. The molecule has 2 heterocycles. The van der Waals surface area contributed by atoms with Gasteiger partial charge in [-0.3, -0.25) is 4.79 Å². The molecule has 1 atom stereocenters. The van der Waals surface area contributed by atoms with E-state index in [9.17, 15) is 4.79 Å². The number of carbonyl (C=O) groups is 1. The molecular formula is C21H24N4O. The fourth-order valence-corrected chi connectivity index (χ4v) is 4.44. The van der Waals surface area contributed by atoms with Gasteiger partial charge in [-0.25, -0.2) is 0 Å². The SMILES string of the molecule is C=C1NNC2=C1CC(N(C(=O)c1cccc3c1ccn3C)C1CC1)CC2. The number of hydrazine groups is 1. The van der Waals surface area contributed by atoms with Gasteiger partial charge in [-0.15, -0.1) is 0 Å². The van der Waals surface area contributed by atoms with Gasteiger partial charge >= 0.3 is 0 Å². The van der Waals surface area contributed by atoms with Gasteiger partial charge in [0.25, 0.3) is 5.91 Å². The van der Waals surface area contributed by atoms with Crippen LogP contribution < -0.4 is 10.9 Å². The molecule has 5 nitrogen and oxygen atoms in total. The van der Waals surface area contributed by atoms with Crippen LogP contribution in [0, 0.1) is 0 Å². The molecule has 1 aromatic heterocycles. The van der Waals surface area contributed by atoms with Gasteiger partial charge < -0.3 is 20.3 Å². The molecule has 5 rings (SSSR count). The first-order valence-corrected chi connectivity index (χ1v) is 9.43. The molecule has 0 bridgehead atoms. The molecule has 26 heavy (non-hydrogen) atoms. The van der Waals surface area contributed by atoms with Crippen molar-refractivity contribution >= 4 is 16.8 Å². The lowest BCUT2D eigenvalue weighted by Gasteiger charge is -2.35. The predicted molar refractivity (Wildman–Crippen MR) is 102 cm³/mol. The first-order chi connectivity index (χ1) is 12.6. The summed E-state index contributed by atoms with van der Waals surface area (Å²) < 4.78 is 2.07. The normalized spacial score (nSPS) is 22.2. The van der Waals surface area contributed by atoms with E-state index in [2.05, 4.69) is 39.0 Å². The Bertz CT molecular complexity index is 950. The first-order valence-electron chi connectivity index (χ1n) is 9.43. The Labute approximate surface area is 153 Å². The number of carbonyl (C=O) groups excluding carboxylic acids is 1. The van der Waals surface area contributed by atoms with E-state index in [-0.39, 0.29) is 11.9 Å². The summed E-state index contributed by atoms with van der Waals surface area (Å²) in [6, 6.07) is 8.75. The van der Waals surface area contributed by atoms with Crippen molar-refractivity contribution in [3.05, 3.63) is 59.6 Å².